The number of carbonyl (C=O) groups is 1. The van der Waals surface area contributed by atoms with E-state index in [1.54, 1.807) is 10.9 Å². The number of piperazine rings is 1. The van der Waals surface area contributed by atoms with Crippen molar-refractivity contribution < 1.29 is 4.79 Å². The van der Waals surface area contributed by atoms with Gasteiger partial charge in [-0.15, -0.1) is 0 Å². The van der Waals surface area contributed by atoms with E-state index in [-0.39, 0.29) is 5.91 Å². The minimum Gasteiger partial charge on any atom is -0.353 e. The van der Waals surface area contributed by atoms with Crippen molar-refractivity contribution in [1.82, 2.24) is 19.7 Å². The van der Waals surface area contributed by atoms with Crippen molar-refractivity contribution in [2.24, 2.45) is 0 Å². The summed E-state index contributed by atoms with van der Waals surface area (Å²) in [5.74, 6) is 0.891. The molecular weight excluding hydrogens is 374 g/mol. The number of aryl methyl sites for hydroxylation is 1. The highest BCUT2D eigenvalue weighted by Crippen LogP contribution is 2.24. The van der Waals surface area contributed by atoms with E-state index in [4.69, 9.17) is 11.6 Å². The van der Waals surface area contributed by atoms with Crippen LogP contribution < -0.4 is 4.90 Å². The highest BCUT2D eigenvalue weighted by atomic mass is 35.5. The summed E-state index contributed by atoms with van der Waals surface area (Å²) in [5.41, 5.74) is 2.26. The number of hydrogen-bond donors (Lipinski definition) is 0. The molecule has 1 aromatic carbocycles. The van der Waals surface area contributed by atoms with Gasteiger partial charge in [0.2, 0.25) is 0 Å². The summed E-state index contributed by atoms with van der Waals surface area (Å²) in [5, 5.41) is 4.90. The molecule has 0 spiro atoms. The number of amides is 1. The fourth-order valence-electron chi connectivity index (χ4n) is 3.49. The maximum atomic E-state index is 13.1. The standard InChI is InChI=1S/C21H22ClN5O/c1-16-19(20(22)27(24-16)15-17-7-3-2-4-8-17)21(28)26-13-11-25(12-14-26)18-9-5-6-10-23-18/h2-10H,11-15H2,1H3. The molecule has 2 aromatic heterocycles. The molecule has 0 unspecified atom stereocenters. The molecule has 1 amide bonds. The smallest absolute Gasteiger partial charge is 0.259 e. The van der Waals surface area contributed by atoms with Crippen LogP contribution in [-0.2, 0) is 6.54 Å². The van der Waals surface area contributed by atoms with Gasteiger partial charge in [-0.05, 0) is 24.6 Å². The highest BCUT2D eigenvalue weighted by molar-refractivity contribution is 6.33. The summed E-state index contributed by atoms with van der Waals surface area (Å²) < 4.78 is 1.70. The van der Waals surface area contributed by atoms with Crippen LogP contribution >= 0.6 is 11.6 Å². The predicted octanol–water partition coefficient (Wildman–Crippen LogP) is 3.25. The molecule has 0 aliphatic carbocycles. The Labute approximate surface area is 169 Å². The number of benzene rings is 1. The first-order valence-corrected chi connectivity index (χ1v) is 9.73. The molecule has 0 atom stereocenters. The van der Waals surface area contributed by atoms with Crippen LogP contribution in [0.4, 0.5) is 5.82 Å². The average molecular weight is 396 g/mol. The summed E-state index contributed by atoms with van der Waals surface area (Å²) in [4.78, 5) is 21.5. The number of carbonyl (C=O) groups excluding carboxylic acids is 1. The summed E-state index contributed by atoms with van der Waals surface area (Å²) in [6.45, 7) is 5.14. The molecule has 6 nitrogen and oxygen atoms in total. The van der Waals surface area contributed by atoms with Crippen molar-refractivity contribution in [3.05, 3.63) is 76.7 Å². The van der Waals surface area contributed by atoms with Crippen LogP contribution in [0.25, 0.3) is 0 Å². The average Bonchev–Trinajstić information content (AvgIpc) is 3.02. The third kappa shape index (κ3) is 3.73. The number of aromatic nitrogens is 3. The Kier molecular flexibility index (Phi) is 5.30. The Balaban J connectivity index is 1.47. The molecule has 4 rings (SSSR count). The number of hydrogen-bond acceptors (Lipinski definition) is 4. The van der Waals surface area contributed by atoms with Gasteiger partial charge in [0, 0.05) is 32.4 Å². The van der Waals surface area contributed by atoms with E-state index in [0.29, 0.717) is 36.0 Å². The monoisotopic (exact) mass is 395 g/mol. The largest absolute Gasteiger partial charge is 0.353 e. The second kappa shape index (κ2) is 8.02. The maximum absolute atomic E-state index is 13.1. The number of anilines is 1. The Morgan fingerprint density at radius 1 is 1.04 bits per heavy atom. The Bertz CT molecular complexity index is 950. The third-order valence-corrected chi connectivity index (χ3v) is 5.38. The van der Waals surface area contributed by atoms with Gasteiger partial charge in [-0.25, -0.2) is 9.67 Å². The Morgan fingerprint density at radius 3 is 2.43 bits per heavy atom. The van der Waals surface area contributed by atoms with E-state index in [2.05, 4.69) is 15.0 Å². The van der Waals surface area contributed by atoms with Crippen LogP contribution in [0.3, 0.4) is 0 Å². The summed E-state index contributed by atoms with van der Waals surface area (Å²) in [7, 11) is 0. The van der Waals surface area contributed by atoms with Gasteiger partial charge in [0.25, 0.3) is 5.91 Å². The SMILES string of the molecule is Cc1nn(Cc2ccccc2)c(Cl)c1C(=O)N1CCN(c2ccccn2)CC1. The number of rotatable bonds is 4. The van der Waals surface area contributed by atoms with Gasteiger partial charge in [0.1, 0.15) is 11.0 Å². The summed E-state index contributed by atoms with van der Waals surface area (Å²) in [6.07, 6.45) is 1.79. The topological polar surface area (TPSA) is 54.3 Å². The van der Waals surface area contributed by atoms with E-state index in [9.17, 15) is 4.79 Å². The third-order valence-electron chi connectivity index (χ3n) is 4.99. The molecule has 3 aromatic rings. The quantitative estimate of drug-likeness (QED) is 0.680. The van der Waals surface area contributed by atoms with Crippen LogP contribution in [-0.4, -0.2) is 51.8 Å². The van der Waals surface area contributed by atoms with Crippen LogP contribution in [0.2, 0.25) is 5.15 Å². The highest BCUT2D eigenvalue weighted by Gasteiger charge is 2.28. The zero-order valence-corrected chi connectivity index (χ0v) is 16.5. The predicted molar refractivity (Wildman–Crippen MR) is 110 cm³/mol. The molecule has 1 aliphatic rings. The normalized spacial score (nSPS) is 14.4. The van der Waals surface area contributed by atoms with E-state index in [0.717, 1.165) is 24.5 Å². The molecule has 1 aliphatic heterocycles. The van der Waals surface area contributed by atoms with Gasteiger partial charge in [0.05, 0.1) is 17.8 Å². The van der Waals surface area contributed by atoms with Gasteiger partial charge < -0.3 is 9.80 Å². The number of pyridine rings is 1. The molecular formula is C21H22ClN5O. The molecule has 1 saturated heterocycles. The molecule has 0 radical (unpaired) electrons. The second-order valence-corrected chi connectivity index (χ2v) is 7.22. The van der Waals surface area contributed by atoms with Gasteiger partial charge >= 0.3 is 0 Å². The van der Waals surface area contributed by atoms with Crippen molar-refractivity contribution >= 4 is 23.3 Å². The second-order valence-electron chi connectivity index (χ2n) is 6.86. The molecule has 7 heteroatoms. The first-order valence-electron chi connectivity index (χ1n) is 9.35. The first-order chi connectivity index (χ1) is 13.6. The molecule has 28 heavy (non-hydrogen) atoms. The lowest BCUT2D eigenvalue weighted by Crippen LogP contribution is -2.49. The van der Waals surface area contributed by atoms with Gasteiger partial charge in [-0.3, -0.25) is 4.79 Å². The van der Waals surface area contributed by atoms with E-state index < -0.39 is 0 Å². The summed E-state index contributed by atoms with van der Waals surface area (Å²) >= 11 is 6.55. The van der Waals surface area contributed by atoms with Gasteiger partial charge in [0.15, 0.2) is 0 Å². The van der Waals surface area contributed by atoms with Crippen molar-refractivity contribution in [1.29, 1.82) is 0 Å². The minimum atomic E-state index is -0.0533. The fourth-order valence-corrected chi connectivity index (χ4v) is 3.81. The molecule has 0 N–H and O–H groups in total. The van der Waals surface area contributed by atoms with Crippen molar-refractivity contribution in [3.8, 4) is 0 Å². The lowest BCUT2D eigenvalue weighted by molar-refractivity contribution is 0.0746. The van der Waals surface area contributed by atoms with Crippen molar-refractivity contribution in [2.75, 3.05) is 31.1 Å². The zero-order valence-electron chi connectivity index (χ0n) is 15.8. The lowest BCUT2D eigenvalue weighted by atomic mass is 10.2. The first kappa shape index (κ1) is 18.5. The lowest BCUT2D eigenvalue weighted by Gasteiger charge is -2.35. The molecule has 1 fully saturated rings. The molecule has 144 valence electrons. The minimum absolute atomic E-state index is 0.0533. The van der Waals surface area contributed by atoms with Crippen LogP contribution in [0.5, 0.6) is 0 Å². The zero-order chi connectivity index (χ0) is 19.5. The van der Waals surface area contributed by atoms with Crippen LogP contribution in [0, 0.1) is 6.92 Å². The van der Waals surface area contributed by atoms with E-state index in [1.165, 1.54) is 0 Å². The van der Waals surface area contributed by atoms with Crippen molar-refractivity contribution in [3.63, 3.8) is 0 Å². The fraction of sp³-hybridized carbons (Fsp3) is 0.286. The Morgan fingerprint density at radius 2 is 1.75 bits per heavy atom. The molecule has 3 heterocycles. The van der Waals surface area contributed by atoms with Crippen LogP contribution in [0.1, 0.15) is 21.6 Å². The van der Waals surface area contributed by atoms with E-state index >= 15 is 0 Å². The van der Waals surface area contributed by atoms with E-state index in [1.807, 2.05) is 60.4 Å². The number of nitrogens with zero attached hydrogens (tertiary/aromatic N) is 5. The number of halogens is 1. The van der Waals surface area contributed by atoms with Gasteiger partial charge in [-0.1, -0.05) is 48.0 Å². The van der Waals surface area contributed by atoms with Crippen LogP contribution in [0.15, 0.2) is 54.7 Å². The van der Waals surface area contributed by atoms with Gasteiger partial charge in [-0.2, -0.15) is 5.10 Å². The van der Waals surface area contributed by atoms with Crippen molar-refractivity contribution in [2.45, 2.75) is 13.5 Å². The maximum Gasteiger partial charge on any atom is 0.259 e. The molecule has 0 bridgehead atoms. The summed E-state index contributed by atoms with van der Waals surface area (Å²) in [6, 6.07) is 15.8. The molecule has 0 saturated carbocycles. The Hall–Kier alpha value is -2.86.